The SMILES string of the molecule is Cc1cccnc1C(NC(=O)C1CCN(Cc2ccc3ccccc3n2)CC1)c1ccc(Cl)cc1. The number of hydrogen-bond acceptors (Lipinski definition) is 4. The van der Waals surface area contributed by atoms with Gasteiger partial charge in [-0.3, -0.25) is 19.7 Å². The second kappa shape index (κ2) is 10.5. The summed E-state index contributed by atoms with van der Waals surface area (Å²) in [4.78, 5) is 25.1. The van der Waals surface area contributed by atoms with Gasteiger partial charge in [-0.2, -0.15) is 0 Å². The topological polar surface area (TPSA) is 58.1 Å². The molecule has 1 atom stereocenters. The Balaban J connectivity index is 1.24. The normalized spacial score (nSPS) is 15.7. The molecule has 2 aromatic carbocycles. The predicted octanol–water partition coefficient (Wildman–Crippen LogP) is 5.71. The smallest absolute Gasteiger partial charge is 0.224 e. The number of carbonyl (C=O) groups is 1. The number of carbonyl (C=O) groups excluding carboxylic acids is 1. The lowest BCUT2D eigenvalue weighted by atomic mass is 9.93. The van der Waals surface area contributed by atoms with E-state index in [1.807, 2.05) is 55.5 Å². The standard InChI is InChI=1S/C29H29ClN4O/c1-20-5-4-16-31-27(20)28(22-8-11-24(30)12-9-22)33-29(35)23-14-17-34(18-15-23)19-25-13-10-21-6-2-3-7-26(21)32-25/h2-13,16,23,28H,14-15,17-19H2,1H3,(H,33,35). The molecule has 2 aromatic heterocycles. The summed E-state index contributed by atoms with van der Waals surface area (Å²) >= 11 is 6.11. The highest BCUT2D eigenvalue weighted by Crippen LogP contribution is 2.27. The molecule has 1 saturated heterocycles. The van der Waals surface area contributed by atoms with Gasteiger partial charge >= 0.3 is 0 Å². The van der Waals surface area contributed by atoms with Gasteiger partial charge in [0, 0.05) is 29.1 Å². The minimum atomic E-state index is -0.305. The van der Waals surface area contributed by atoms with Crippen molar-refractivity contribution in [2.75, 3.05) is 13.1 Å². The van der Waals surface area contributed by atoms with Gasteiger partial charge in [0.05, 0.1) is 22.9 Å². The van der Waals surface area contributed by atoms with Crippen LogP contribution in [0.5, 0.6) is 0 Å². The van der Waals surface area contributed by atoms with E-state index in [1.54, 1.807) is 6.20 Å². The van der Waals surface area contributed by atoms with Gasteiger partial charge in [0.2, 0.25) is 5.91 Å². The van der Waals surface area contributed by atoms with Gasteiger partial charge in [0.1, 0.15) is 0 Å². The minimum Gasteiger partial charge on any atom is -0.343 e. The van der Waals surface area contributed by atoms with Crippen molar-refractivity contribution in [3.05, 3.63) is 107 Å². The van der Waals surface area contributed by atoms with Crippen LogP contribution in [0.25, 0.3) is 10.9 Å². The van der Waals surface area contributed by atoms with Gasteiger partial charge in [-0.15, -0.1) is 0 Å². The summed E-state index contributed by atoms with van der Waals surface area (Å²) in [5.74, 6) is 0.0631. The Kier molecular flexibility index (Phi) is 7.07. The molecule has 3 heterocycles. The second-order valence-corrected chi connectivity index (χ2v) is 9.68. The molecule has 1 aliphatic rings. The quantitative estimate of drug-likeness (QED) is 0.381. The number of halogens is 1. The molecule has 1 N–H and O–H groups in total. The molecular formula is C29H29ClN4O. The van der Waals surface area contributed by atoms with Crippen molar-refractivity contribution in [1.82, 2.24) is 20.2 Å². The van der Waals surface area contributed by atoms with Crippen LogP contribution in [-0.4, -0.2) is 33.9 Å². The van der Waals surface area contributed by atoms with Crippen LogP contribution >= 0.6 is 11.6 Å². The molecule has 0 saturated carbocycles. The van der Waals surface area contributed by atoms with E-state index in [-0.39, 0.29) is 17.9 Å². The first-order chi connectivity index (χ1) is 17.1. The lowest BCUT2D eigenvalue weighted by Crippen LogP contribution is -2.41. The number of rotatable bonds is 6. The van der Waals surface area contributed by atoms with E-state index < -0.39 is 0 Å². The van der Waals surface area contributed by atoms with E-state index in [1.165, 1.54) is 0 Å². The second-order valence-electron chi connectivity index (χ2n) is 9.24. The average Bonchev–Trinajstić information content (AvgIpc) is 2.89. The zero-order valence-corrected chi connectivity index (χ0v) is 20.6. The van der Waals surface area contributed by atoms with Gasteiger partial charge in [-0.1, -0.05) is 54.1 Å². The van der Waals surface area contributed by atoms with Crippen LogP contribution in [0.1, 0.15) is 41.4 Å². The molecule has 0 aliphatic carbocycles. The molecule has 1 amide bonds. The molecule has 5 rings (SSSR count). The Bertz CT molecular complexity index is 1320. The molecule has 35 heavy (non-hydrogen) atoms. The molecule has 1 fully saturated rings. The number of aromatic nitrogens is 2. The van der Waals surface area contributed by atoms with Crippen molar-refractivity contribution in [3.8, 4) is 0 Å². The van der Waals surface area contributed by atoms with E-state index in [4.69, 9.17) is 16.6 Å². The van der Waals surface area contributed by atoms with E-state index in [2.05, 4.69) is 39.5 Å². The minimum absolute atomic E-state index is 0.0189. The average molecular weight is 485 g/mol. The summed E-state index contributed by atoms with van der Waals surface area (Å²) in [5, 5.41) is 5.12. The van der Waals surface area contributed by atoms with E-state index >= 15 is 0 Å². The molecule has 4 aromatic rings. The monoisotopic (exact) mass is 484 g/mol. The van der Waals surface area contributed by atoms with Crippen molar-refractivity contribution in [2.45, 2.75) is 32.4 Å². The summed E-state index contributed by atoms with van der Waals surface area (Å²) in [6.07, 6.45) is 3.43. The number of aryl methyl sites for hydroxylation is 1. The number of amides is 1. The Morgan fingerprint density at radius 2 is 1.80 bits per heavy atom. The summed E-state index contributed by atoms with van der Waals surface area (Å²) in [6.45, 7) is 4.58. The Morgan fingerprint density at radius 3 is 2.57 bits per heavy atom. The maximum Gasteiger partial charge on any atom is 0.224 e. The molecule has 0 bridgehead atoms. The van der Waals surface area contributed by atoms with Crippen molar-refractivity contribution >= 4 is 28.4 Å². The zero-order chi connectivity index (χ0) is 24.2. The van der Waals surface area contributed by atoms with Crippen molar-refractivity contribution in [3.63, 3.8) is 0 Å². The first kappa shape index (κ1) is 23.5. The van der Waals surface area contributed by atoms with Crippen molar-refractivity contribution in [1.29, 1.82) is 0 Å². The highest BCUT2D eigenvalue weighted by atomic mass is 35.5. The summed E-state index contributed by atoms with van der Waals surface area (Å²) in [7, 11) is 0. The van der Waals surface area contributed by atoms with Gasteiger partial charge in [-0.25, -0.2) is 0 Å². The fourth-order valence-electron chi connectivity index (χ4n) is 4.80. The number of nitrogens with zero attached hydrogens (tertiary/aromatic N) is 3. The molecule has 178 valence electrons. The number of benzene rings is 2. The van der Waals surface area contributed by atoms with Crippen molar-refractivity contribution < 1.29 is 4.79 Å². The Labute approximate surface area is 211 Å². The third-order valence-corrected chi connectivity index (χ3v) is 7.07. The molecule has 6 heteroatoms. The van der Waals surface area contributed by atoms with Crippen LogP contribution in [0.15, 0.2) is 79.0 Å². The highest BCUT2D eigenvalue weighted by molar-refractivity contribution is 6.30. The lowest BCUT2D eigenvalue weighted by molar-refractivity contribution is -0.127. The fraction of sp³-hybridized carbons (Fsp3) is 0.276. The largest absolute Gasteiger partial charge is 0.343 e. The molecule has 0 spiro atoms. The fourth-order valence-corrected chi connectivity index (χ4v) is 4.93. The summed E-state index contributed by atoms with van der Waals surface area (Å²) < 4.78 is 0. The molecule has 0 radical (unpaired) electrons. The number of pyridine rings is 2. The zero-order valence-electron chi connectivity index (χ0n) is 19.8. The number of para-hydroxylation sites is 1. The van der Waals surface area contributed by atoms with Gasteiger partial charge in [-0.05, 0) is 74.3 Å². The Hall–Kier alpha value is -3.28. The van der Waals surface area contributed by atoms with E-state index in [0.717, 1.165) is 65.9 Å². The first-order valence-electron chi connectivity index (χ1n) is 12.1. The van der Waals surface area contributed by atoms with Gasteiger partial charge in [0.15, 0.2) is 0 Å². The third kappa shape index (κ3) is 5.53. The van der Waals surface area contributed by atoms with E-state index in [0.29, 0.717) is 5.02 Å². The number of fused-ring (bicyclic) bond motifs is 1. The first-order valence-corrected chi connectivity index (χ1v) is 12.5. The van der Waals surface area contributed by atoms with Crippen LogP contribution in [0.3, 0.4) is 0 Å². The van der Waals surface area contributed by atoms with Crippen molar-refractivity contribution in [2.24, 2.45) is 5.92 Å². The third-order valence-electron chi connectivity index (χ3n) is 6.81. The number of hydrogen-bond donors (Lipinski definition) is 1. The molecule has 1 unspecified atom stereocenters. The summed E-state index contributed by atoms with van der Waals surface area (Å²) in [5.41, 5.74) is 4.98. The predicted molar refractivity (Wildman–Crippen MR) is 140 cm³/mol. The number of nitrogens with one attached hydrogen (secondary N) is 1. The maximum atomic E-state index is 13.3. The number of piperidine rings is 1. The van der Waals surface area contributed by atoms with Crippen LogP contribution in [0, 0.1) is 12.8 Å². The molecular weight excluding hydrogens is 456 g/mol. The Morgan fingerprint density at radius 1 is 1.03 bits per heavy atom. The van der Waals surface area contributed by atoms with Crippen LogP contribution in [0.4, 0.5) is 0 Å². The molecule has 1 aliphatic heterocycles. The van der Waals surface area contributed by atoms with Crippen LogP contribution in [0.2, 0.25) is 5.02 Å². The lowest BCUT2D eigenvalue weighted by Gasteiger charge is -2.32. The van der Waals surface area contributed by atoms with E-state index in [9.17, 15) is 4.79 Å². The highest BCUT2D eigenvalue weighted by Gasteiger charge is 2.28. The van der Waals surface area contributed by atoms with Crippen LogP contribution in [-0.2, 0) is 11.3 Å². The summed E-state index contributed by atoms with van der Waals surface area (Å²) in [6, 6.07) is 23.7. The van der Waals surface area contributed by atoms with Gasteiger partial charge in [0.25, 0.3) is 0 Å². The van der Waals surface area contributed by atoms with Gasteiger partial charge < -0.3 is 5.32 Å². The van der Waals surface area contributed by atoms with Crippen LogP contribution < -0.4 is 5.32 Å². The molecule has 5 nitrogen and oxygen atoms in total. The maximum absolute atomic E-state index is 13.3. The number of likely N-dealkylation sites (tertiary alicyclic amines) is 1.